The minimum Gasteiger partial charge on any atom is -0.331 e. The van der Waals surface area contributed by atoms with Gasteiger partial charge in [-0.25, -0.2) is 0 Å². The number of amides is 1. The van der Waals surface area contributed by atoms with Crippen LogP contribution in [0.5, 0.6) is 0 Å². The van der Waals surface area contributed by atoms with Gasteiger partial charge in [-0.2, -0.15) is 13.2 Å². The lowest BCUT2D eigenvalue weighted by atomic mass is 9.85. The minimum atomic E-state index is -4.34. The molecule has 0 aromatic carbocycles. The Bertz CT molecular complexity index is 284. The fourth-order valence-corrected chi connectivity index (χ4v) is 2.31. The van der Waals surface area contributed by atoms with Crippen molar-refractivity contribution in [1.29, 1.82) is 0 Å². The summed E-state index contributed by atoms with van der Waals surface area (Å²) in [6, 6.07) is -0.348. The zero-order valence-corrected chi connectivity index (χ0v) is 10.8. The number of alkyl halides is 3. The van der Waals surface area contributed by atoms with E-state index in [9.17, 15) is 18.0 Å². The maximum atomic E-state index is 12.4. The normalized spacial score (nSPS) is 25.3. The number of nitrogens with two attached hydrogens (primary N) is 1. The summed E-state index contributed by atoms with van der Waals surface area (Å²) in [6.07, 6.45) is -1.71. The standard InChI is InChI=1S/C12H21F3N2O/c1-8(2)17(7-12(13,14)15)11(18)9-3-5-10(16)6-4-9/h8-10H,3-7,16H2,1-2H3. The van der Waals surface area contributed by atoms with E-state index in [2.05, 4.69) is 0 Å². The van der Waals surface area contributed by atoms with Gasteiger partial charge in [-0.15, -0.1) is 0 Å². The first-order valence-corrected chi connectivity index (χ1v) is 6.33. The first-order chi connectivity index (χ1) is 8.20. The molecule has 0 radical (unpaired) electrons. The molecule has 3 nitrogen and oxygen atoms in total. The monoisotopic (exact) mass is 266 g/mol. The molecule has 1 amide bonds. The fourth-order valence-electron chi connectivity index (χ4n) is 2.31. The van der Waals surface area contributed by atoms with Crippen molar-refractivity contribution in [3.8, 4) is 0 Å². The van der Waals surface area contributed by atoms with Crippen molar-refractivity contribution >= 4 is 5.91 Å². The average molecular weight is 266 g/mol. The molecule has 0 saturated heterocycles. The van der Waals surface area contributed by atoms with E-state index < -0.39 is 18.8 Å². The molecular formula is C12H21F3N2O. The molecule has 0 atom stereocenters. The number of carbonyl (C=O) groups excluding carboxylic acids is 1. The molecule has 0 spiro atoms. The van der Waals surface area contributed by atoms with Crippen molar-refractivity contribution in [3.63, 3.8) is 0 Å². The van der Waals surface area contributed by atoms with Gasteiger partial charge in [-0.1, -0.05) is 0 Å². The highest BCUT2D eigenvalue weighted by atomic mass is 19.4. The summed E-state index contributed by atoms with van der Waals surface area (Å²) in [6.45, 7) is 2.06. The van der Waals surface area contributed by atoms with Gasteiger partial charge in [0, 0.05) is 18.0 Å². The minimum absolute atomic E-state index is 0.0872. The highest BCUT2D eigenvalue weighted by Crippen LogP contribution is 2.27. The molecule has 18 heavy (non-hydrogen) atoms. The Morgan fingerprint density at radius 1 is 1.28 bits per heavy atom. The van der Waals surface area contributed by atoms with Crippen LogP contribution in [0.2, 0.25) is 0 Å². The Morgan fingerprint density at radius 2 is 1.78 bits per heavy atom. The Morgan fingerprint density at radius 3 is 2.17 bits per heavy atom. The van der Waals surface area contributed by atoms with Crippen molar-refractivity contribution < 1.29 is 18.0 Å². The van der Waals surface area contributed by atoms with Crippen LogP contribution in [-0.2, 0) is 4.79 Å². The predicted molar refractivity (Wildman–Crippen MR) is 62.8 cm³/mol. The Balaban J connectivity index is 2.65. The van der Waals surface area contributed by atoms with Crippen LogP contribution in [0.1, 0.15) is 39.5 Å². The lowest BCUT2D eigenvalue weighted by Gasteiger charge is -2.33. The Kier molecular flexibility index (Phi) is 5.01. The molecule has 0 unspecified atom stereocenters. The topological polar surface area (TPSA) is 46.3 Å². The highest BCUT2D eigenvalue weighted by molar-refractivity contribution is 5.79. The smallest absolute Gasteiger partial charge is 0.331 e. The molecule has 106 valence electrons. The van der Waals surface area contributed by atoms with Gasteiger partial charge in [0.25, 0.3) is 0 Å². The number of rotatable bonds is 3. The second-order valence-corrected chi connectivity index (χ2v) is 5.29. The summed E-state index contributed by atoms with van der Waals surface area (Å²) in [5.41, 5.74) is 5.73. The van der Waals surface area contributed by atoms with E-state index in [0.717, 1.165) is 4.90 Å². The maximum absolute atomic E-state index is 12.4. The SMILES string of the molecule is CC(C)N(CC(F)(F)F)C(=O)C1CCC(N)CC1. The van der Waals surface area contributed by atoms with Gasteiger partial charge < -0.3 is 10.6 Å². The van der Waals surface area contributed by atoms with Crippen LogP contribution >= 0.6 is 0 Å². The summed E-state index contributed by atoms with van der Waals surface area (Å²) in [5.74, 6) is -0.677. The van der Waals surface area contributed by atoms with Gasteiger partial charge in [-0.05, 0) is 39.5 Å². The van der Waals surface area contributed by atoms with Crippen LogP contribution in [0.25, 0.3) is 0 Å². The molecule has 0 aromatic rings. The van der Waals surface area contributed by atoms with Crippen LogP contribution in [0.4, 0.5) is 13.2 Å². The molecule has 1 fully saturated rings. The van der Waals surface area contributed by atoms with Gasteiger partial charge in [0.05, 0.1) is 0 Å². The predicted octanol–water partition coefficient (Wildman–Crippen LogP) is 2.30. The Hall–Kier alpha value is -0.780. The first-order valence-electron chi connectivity index (χ1n) is 6.33. The van der Waals surface area contributed by atoms with Crippen LogP contribution < -0.4 is 5.73 Å². The van der Waals surface area contributed by atoms with Crippen molar-refractivity contribution in [3.05, 3.63) is 0 Å². The van der Waals surface area contributed by atoms with Crippen molar-refractivity contribution in [2.24, 2.45) is 11.7 Å². The molecule has 1 aliphatic rings. The van der Waals surface area contributed by atoms with E-state index >= 15 is 0 Å². The van der Waals surface area contributed by atoms with E-state index in [4.69, 9.17) is 5.73 Å². The largest absolute Gasteiger partial charge is 0.406 e. The molecule has 0 bridgehead atoms. The van der Waals surface area contributed by atoms with Crippen molar-refractivity contribution in [1.82, 2.24) is 4.90 Å². The summed E-state index contributed by atoms with van der Waals surface area (Å²) < 4.78 is 37.3. The van der Waals surface area contributed by atoms with Crippen LogP contribution in [0.15, 0.2) is 0 Å². The summed E-state index contributed by atoms with van der Waals surface area (Å²) in [4.78, 5) is 13.0. The molecule has 2 N–H and O–H groups in total. The molecule has 0 heterocycles. The average Bonchev–Trinajstić information content (AvgIpc) is 2.24. The number of hydrogen-bond donors (Lipinski definition) is 1. The van der Waals surface area contributed by atoms with Crippen LogP contribution in [0, 0.1) is 5.92 Å². The van der Waals surface area contributed by atoms with E-state index in [1.54, 1.807) is 13.8 Å². The zero-order chi connectivity index (χ0) is 13.9. The second kappa shape index (κ2) is 5.91. The number of nitrogens with zero attached hydrogens (tertiary/aromatic N) is 1. The molecule has 1 saturated carbocycles. The van der Waals surface area contributed by atoms with Gasteiger partial charge in [0.1, 0.15) is 6.54 Å². The van der Waals surface area contributed by atoms with Crippen LogP contribution in [-0.4, -0.2) is 35.6 Å². The van der Waals surface area contributed by atoms with Crippen molar-refractivity contribution in [2.75, 3.05) is 6.54 Å². The van der Waals surface area contributed by atoms with E-state index in [0.29, 0.717) is 25.7 Å². The summed E-state index contributed by atoms with van der Waals surface area (Å²) in [7, 11) is 0. The molecule has 6 heteroatoms. The zero-order valence-electron chi connectivity index (χ0n) is 10.8. The highest BCUT2D eigenvalue weighted by Gasteiger charge is 2.37. The first kappa shape index (κ1) is 15.3. The van der Waals surface area contributed by atoms with Gasteiger partial charge in [0.15, 0.2) is 0 Å². The molecule has 0 aliphatic heterocycles. The third-order valence-electron chi connectivity index (χ3n) is 3.38. The number of hydrogen-bond acceptors (Lipinski definition) is 2. The molecule has 0 aromatic heterocycles. The summed E-state index contributed by atoms with van der Waals surface area (Å²) >= 11 is 0. The van der Waals surface area contributed by atoms with Crippen molar-refractivity contribution in [2.45, 2.75) is 57.8 Å². The van der Waals surface area contributed by atoms with E-state index in [1.807, 2.05) is 0 Å². The van der Waals surface area contributed by atoms with Gasteiger partial charge in [0.2, 0.25) is 5.91 Å². The van der Waals surface area contributed by atoms with Crippen LogP contribution in [0.3, 0.4) is 0 Å². The molecular weight excluding hydrogens is 245 g/mol. The third kappa shape index (κ3) is 4.48. The van der Waals surface area contributed by atoms with Gasteiger partial charge in [-0.3, -0.25) is 4.79 Å². The Labute approximate surface area is 106 Å². The third-order valence-corrected chi connectivity index (χ3v) is 3.38. The van der Waals surface area contributed by atoms with Gasteiger partial charge >= 0.3 is 6.18 Å². The lowest BCUT2D eigenvalue weighted by molar-refractivity contribution is -0.167. The second-order valence-electron chi connectivity index (χ2n) is 5.29. The fraction of sp³-hybridized carbons (Fsp3) is 0.917. The lowest BCUT2D eigenvalue weighted by Crippen LogP contribution is -2.47. The number of halogens is 3. The molecule has 1 aliphatic carbocycles. The van der Waals surface area contributed by atoms with E-state index in [1.165, 1.54) is 0 Å². The quantitative estimate of drug-likeness (QED) is 0.852. The maximum Gasteiger partial charge on any atom is 0.406 e. The number of carbonyl (C=O) groups is 1. The van der Waals surface area contributed by atoms with E-state index in [-0.39, 0.29) is 17.9 Å². The summed E-state index contributed by atoms with van der Waals surface area (Å²) in [5, 5.41) is 0. The molecule has 1 rings (SSSR count).